The van der Waals surface area contributed by atoms with Crippen molar-refractivity contribution in [3.63, 3.8) is 0 Å². The van der Waals surface area contributed by atoms with E-state index in [2.05, 4.69) is 184 Å². The van der Waals surface area contributed by atoms with Gasteiger partial charge in [-0.2, -0.15) is 5.26 Å². The number of fused-ring (bicyclic) bond motifs is 6. The molecule has 0 spiro atoms. The first kappa shape index (κ1) is 33.4. The van der Waals surface area contributed by atoms with Crippen LogP contribution in [0.5, 0.6) is 0 Å². The molecule has 4 nitrogen and oxygen atoms in total. The number of aromatic nitrogens is 3. The molecule has 0 saturated carbocycles. The van der Waals surface area contributed by atoms with E-state index < -0.39 is 0 Å². The van der Waals surface area contributed by atoms with Crippen molar-refractivity contribution in [2.75, 3.05) is 0 Å². The summed E-state index contributed by atoms with van der Waals surface area (Å²) >= 11 is 0. The fraction of sp³-hybridized carbons (Fsp3) is 0.160. The Bertz CT molecular complexity index is 2800. The molecular weight excluding hydrogens is 657 g/mol. The highest BCUT2D eigenvalue weighted by molar-refractivity contribution is 6.11. The number of para-hydroxylation sites is 2. The molecule has 3 heterocycles. The van der Waals surface area contributed by atoms with Gasteiger partial charge in [-0.05, 0) is 82.1 Å². The first-order valence-corrected chi connectivity index (χ1v) is 18.7. The number of nitrogens with zero attached hydrogens (tertiary/aromatic N) is 4. The normalized spacial score (nSPS) is 12.2. The summed E-state index contributed by atoms with van der Waals surface area (Å²) in [4.78, 5) is 4.94. The van der Waals surface area contributed by atoms with Gasteiger partial charge in [-0.15, -0.1) is 0 Å². The molecule has 4 heteroatoms. The molecule has 0 unspecified atom stereocenters. The van der Waals surface area contributed by atoms with Gasteiger partial charge in [0.05, 0.1) is 39.1 Å². The van der Waals surface area contributed by atoms with Crippen LogP contribution in [0.25, 0.3) is 77.4 Å². The summed E-state index contributed by atoms with van der Waals surface area (Å²) in [5.74, 6) is 0. The Balaban J connectivity index is 1.44. The van der Waals surface area contributed by atoms with Crippen LogP contribution in [-0.2, 0) is 10.8 Å². The zero-order chi connectivity index (χ0) is 37.4. The second kappa shape index (κ2) is 12.3. The average Bonchev–Trinajstić information content (AvgIpc) is 3.69. The zero-order valence-electron chi connectivity index (χ0n) is 31.6. The molecule has 0 saturated heterocycles. The average molecular weight is 699 g/mol. The van der Waals surface area contributed by atoms with Gasteiger partial charge in [0.25, 0.3) is 0 Å². The van der Waals surface area contributed by atoms with E-state index in [4.69, 9.17) is 4.98 Å². The minimum absolute atomic E-state index is 0.0141. The largest absolute Gasteiger partial charge is 0.308 e. The van der Waals surface area contributed by atoms with Crippen LogP contribution in [0.1, 0.15) is 58.2 Å². The van der Waals surface area contributed by atoms with Gasteiger partial charge in [0.2, 0.25) is 0 Å². The maximum atomic E-state index is 11.4. The van der Waals surface area contributed by atoms with E-state index in [0.29, 0.717) is 5.56 Å². The minimum atomic E-state index is -0.0141. The molecule has 54 heavy (non-hydrogen) atoms. The van der Waals surface area contributed by atoms with Gasteiger partial charge in [-0.1, -0.05) is 126 Å². The van der Waals surface area contributed by atoms with E-state index in [1.165, 1.54) is 21.9 Å². The molecule has 0 fully saturated rings. The number of hydrogen-bond donors (Lipinski definition) is 0. The van der Waals surface area contributed by atoms with Gasteiger partial charge in [0, 0.05) is 38.9 Å². The quantitative estimate of drug-likeness (QED) is 0.184. The first-order valence-electron chi connectivity index (χ1n) is 18.7. The standard InChI is InChI=1S/C50H42N4/c1-49(2,3)34-22-24-44-39(29-34)37-17-10-12-20-42(37)53(44)46-27-33(36-19-14-26-52-48(36)32-15-8-7-9-16-32)28-47(41(46)31-51)54-43-21-13-11-18-38(43)40-30-35(50(4,5)6)23-25-45(40)54/h7-30H,1-6H3. The van der Waals surface area contributed by atoms with Crippen LogP contribution in [0.15, 0.2) is 146 Å². The summed E-state index contributed by atoms with van der Waals surface area (Å²) in [6.07, 6.45) is 1.86. The predicted octanol–water partition coefficient (Wildman–Crippen LogP) is 13.1. The van der Waals surface area contributed by atoms with Crippen molar-refractivity contribution in [1.82, 2.24) is 14.1 Å². The van der Waals surface area contributed by atoms with E-state index in [9.17, 15) is 5.26 Å². The zero-order valence-corrected chi connectivity index (χ0v) is 31.6. The van der Waals surface area contributed by atoms with Gasteiger partial charge >= 0.3 is 0 Å². The fourth-order valence-corrected chi connectivity index (χ4v) is 8.10. The summed E-state index contributed by atoms with van der Waals surface area (Å²) in [5.41, 5.74) is 13.0. The lowest BCUT2D eigenvalue weighted by molar-refractivity contribution is 0.591. The van der Waals surface area contributed by atoms with Crippen molar-refractivity contribution in [3.05, 3.63) is 162 Å². The van der Waals surface area contributed by atoms with Crippen LogP contribution in [0.2, 0.25) is 0 Å². The SMILES string of the molecule is CC(C)(C)c1ccc2c(c1)c1ccccc1n2-c1cc(-c2cccnc2-c2ccccc2)cc(-n2c3ccccc3c3cc(C(C)(C)C)ccc32)c1C#N. The third kappa shape index (κ3) is 5.31. The van der Waals surface area contributed by atoms with E-state index in [0.717, 1.165) is 66.6 Å². The highest BCUT2D eigenvalue weighted by atomic mass is 15.0. The summed E-state index contributed by atoms with van der Waals surface area (Å²) in [6.45, 7) is 13.5. The third-order valence-electron chi connectivity index (χ3n) is 10.9. The molecule has 3 aromatic heterocycles. The van der Waals surface area contributed by atoms with Crippen molar-refractivity contribution in [2.45, 2.75) is 52.4 Å². The van der Waals surface area contributed by atoms with Crippen LogP contribution in [0.3, 0.4) is 0 Å². The first-order chi connectivity index (χ1) is 26.0. The third-order valence-corrected chi connectivity index (χ3v) is 10.9. The molecule has 0 amide bonds. The molecule has 0 N–H and O–H groups in total. The van der Waals surface area contributed by atoms with Gasteiger partial charge in [-0.3, -0.25) is 4.98 Å². The molecule has 0 atom stereocenters. The lowest BCUT2D eigenvalue weighted by atomic mass is 9.86. The highest BCUT2D eigenvalue weighted by Crippen LogP contribution is 2.43. The molecule has 0 radical (unpaired) electrons. The Morgan fingerprint density at radius 2 is 0.963 bits per heavy atom. The molecule has 6 aromatic carbocycles. The van der Waals surface area contributed by atoms with Crippen LogP contribution < -0.4 is 0 Å². The Morgan fingerprint density at radius 3 is 1.46 bits per heavy atom. The number of pyridine rings is 1. The lowest BCUT2D eigenvalue weighted by Crippen LogP contribution is -2.11. The molecule has 262 valence electrons. The van der Waals surface area contributed by atoms with Crippen molar-refractivity contribution in [2.24, 2.45) is 0 Å². The van der Waals surface area contributed by atoms with Crippen molar-refractivity contribution < 1.29 is 0 Å². The van der Waals surface area contributed by atoms with E-state index in [1.54, 1.807) is 0 Å². The molecule has 0 aliphatic rings. The lowest BCUT2D eigenvalue weighted by Gasteiger charge is -2.21. The second-order valence-corrected chi connectivity index (χ2v) is 16.4. The van der Waals surface area contributed by atoms with E-state index >= 15 is 0 Å². The molecule has 0 aliphatic carbocycles. The smallest absolute Gasteiger partial charge is 0.104 e. The van der Waals surface area contributed by atoms with Gasteiger partial charge in [-0.25, -0.2) is 0 Å². The Morgan fingerprint density at radius 1 is 0.481 bits per heavy atom. The fourth-order valence-electron chi connectivity index (χ4n) is 8.10. The number of nitriles is 1. The number of rotatable bonds is 4. The van der Waals surface area contributed by atoms with Crippen molar-refractivity contribution >= 4 is 43.6 Å². The summed E-state index contributed by atoms with van der Waals surface area (Å²) < 4.78 is 4.60. The van der Waals surface area contributed by atoms with Gasteiger partial charge in [0.1, 0.15) is 11.6 Å². The molecule has 0 bridgehead atoms. The maximum absolute atomic E-state index is 11.4. The van der Waals surface area contributed by atoms with Gasteiger partial charge in [0.15, 0.2) is 0 Å². The molecular formula is C50H42N4. The monoisotopic (exact) mass is 698 g/mol. The summed E-state index contributed by atoms with van der Waals surface area (Å²) in [5, 5.41) is 16.1. The van der Waals surface area contributed by atoms with E-state index in [-0.39, 0.29) is 10.8 Å². The van der Waals surface area contributed by atoms with Crippen LogP contribution in [0, 0.1) is 11.3 Å². The van der Waals surface area contributed by atoms with Gasteiger partial charge < -0.3 is 9.13 Å². The van der Waals surface area contributed by atoms with Crippen molar-refractivity contribution in [1.29, 1.82) is 5.26 Å². The van der Waals surface area contributed by atoms with Crippen LogP contribution in [-0.4, -0.2) is 14.1 Å². The van der Waals surface area contributed by atoms with Crippen LogP contribution in [0.4, 0.5) is 0 Å². The van der Waals surface area contributed by atoms with Crippen molar-refractivity contribution in [3.8, 4) is 39.8 Å². The number of benzene rings is 6. The Kier molecular flexibility index (Phi) is 7.62. The molecule has 9 rings (SSSR count). The molecule has 9 aromatic rings. The summed E-state index contributed by atoms with van der Waals surface area (Å²) in [6, 6.07) is 52.4. The molecule has 0 aliphatic heterocycles. The summed E-state index contributed by atoms with van der Waals surface area (Å²) in [7, 11) is 0. The Hall–Kier alpha value is -6.44. The maximum Gasteiger partial charge on any atom is 0.104 e. The van der Waals surface area contributed by atoms with E-state index in [1.807, 2.05) is 18.3 Å². The second-order valence-electron chi connectivity index (χ2n) is 16.4. The topological polar surface area (TPSA) is 46.5 Å². The highest BCUT2D eigenvalue weighted by Gasteiger charge is 2.25. The minimum Gasteiger partial charge on any atom is -0.308 e. The number of hydrogen-bond acceptors (Lipinski definition) is 2. The van der Waals surface area contributed by atoms with Crippen LogP contribution >= 0.6 is 0 Å². The Labute approximate surface area is 316 Å². The predicted molar refractivity (Wildman–Crippen MR) is 226 cm³/mol.